The minimum atomic E-state index is -0.170. The lowest BCUT2D eigenvalue weighted by Crippen LogP contribution is -2.65. The highest BCUT2D eigenvalue weighted by atomic mass is 32.2. The summed E-state index contributed by atoms with van der Waals surface area (Å²) in [6, 6.07) is 69.8. The second-order valence-electron chi connectivity index (χ2n) is 31.6. The third kappa shape index (κ3) is 8.75. The summed E-state index contributed by atoms with van der Waals surface area (Å²) in [5.41, 5.74) is 28.9. The minimum Gasteiger partial charge on any atom is -0.458 e. The van der Waals surface area contributed by atoms with E-state index < -0.39 is 0 Å². The summed E-state index contributed by atoms with van der Waals surface area (Å²) < 4.78 is 13.0. The molecule has 0 amide bonds. The average Bonchev–Trinajstić information content (AvgIpc) is 0.887. The van der Waals surface area contributed by atoms with Crippen molar-refractivity contribution in [3.05, 3.63) is 215 Å². The van der Waals surface area contributed by atoms with Crippen molar-refractivity contribution < 1.29 is 4.74 Å². The van der Waals surface area contributed by atoms with Crippen molar-refractivity contribution in [1.29, 1.82) is 0 Å². The van der Waals surface area contributed by atoms with Crippen LogP contribution in [0.3, 0.4) is 0 Å². The van der Waals surface area contributed by atoms with Crippen molar-refractivity contribution in [2.45, 2.75) is 145 Å². The third-order valence-electron chi connectivity index (χ3n) is 20.9. The highest BCUT2D eigenvalue weighted by Gasteiger charge is 2.51. The maximum absolute atomic E-state index is 7.51. The van der Waals surface area contributed by atoms with Crippen molar-refractivity contribution >= 4 is 185 Å². The number of fused-ring (bicyclic) bond motifs is 16. The van der Waals surface area contributed by atoms with Gasteiger partial charge in [0.2, 0.25) is 0 Å². The van der Waals surface area contributed by atoms with Gasteiger partial charge in [0, 0.05) is 97.0 Å². The molecular formula is C83H74B3N3OS4. The third-order valence-corrected chi connectivity index (χ3v) is 26.1. The summed E-state index contributed by atoms with van der Waals surface area (Å²) in [7, 11) is 0. The average molecular weight is 1290 g/mol. The van der Waals surface area contributed by atoms with Crippen LogP contribution in [0.25, 0.3) is 20.2 Å². The van der Waals surface area contributed by atoms with Crippen molar-refractivity contribution in [2.24, 2.45) is 0 Å². The van der Waals surface area contributed by atoms with Gasteiger partial charge >= 0.3 is 0 Å². The number of thiophene rings is 2. The summed E-state index contributed by atoms with van der Waals surface area (Å²) in [6.45, 7) is 34.6. The van der Waals surface area contributed by atoms with E-state index in [9.17, 15) is 0 Å². The fourth-order valence-corrected chi connectivity index (χ4v) is 21.8. The summed E-state index contributed by atoms with van der Waals surface area (Å²) in [5, 5.41) is 2.73. The van der Waals surface area contributed by atoms with Gasteiger partial charge in [-0.15, -0.1) is 22.7 Å². The van der Waals surface area contributed by atoms with Crippen LogP contribution in [0.2, 0.25) is 0 Å². The zero-order valence-electron chi connectivity index (χ0n) is 56.4. The highest BCUT2D eigenvalue weighted by Crippen LogP contribution is 2.52. The number of hydrogen-bond donors (Lipinski definition) is 0. The van der Waals surface area contributed by atoms with Gasteiger partial charge in [0.05, 0.1) is 0 Å². The molecule has 18 rings (SSSR count). The SMILES string of the molecule is Cc1cc2c3c(c1)Sc1c(sc4ccc(C(C)(C)C)cc14)B3c1cc3c(cc1O2)N(c1ccc(C(C)(C)C)cc1)c1cc(C)cc2c1B3c1cc3c(cc1N2c1ccccc1)N(c1ccc(C(C)(C)C)cc1)c1cc(C)cc2c1B3c1sc3ccc(C(C)(C)C)cc3c1S2. The fraction of sp³-hybridized carbons (Fsp3) is 0.229. The molecule has 460 valence electrons. The number of rotatable bonds is 3. The Morgan fingerprint density at radius 1 is 0.330 bits per heavy atom. The molecule has 4 nitrogen and oxygen atoms in total. The second kappa shape index (κ2) is 20.1. The lowest BCUT2D eigenvalue weighted by atomic mass is 9.30. The molecule has 0 saturated carbocycles. The molecule has 0 spiro atoms. The van der Waals surface area contributed by atoms with Crippen LogP contribution in [0, 0.1) is 20.8 Å². The Bertz CT molecular complexity index is 5290. The van der Waals surface area contributed by atoms with Crippen LogP contribution < -0.4 is 67.2 Å². The molecule has 0 unspecified atom stereocenters. The standard InChI is InChI=1S/C83H74B3N3OS4/c1-45-33-64-73-65(34-45)89(54-29-23-49(24-30-54)81(7,8)9)63-44-67-60(86-75-68(90-67)36-47(3)38-72(75)92-77-56-40-51(83(13,14)15)26-32-70(56)94-79(77)86)42-58(63)84(73)57-41-59-62(43-61(57)87(64)52-19-17-16-18-20-52)88(53-27-21-48(22-28-53)80(4,5)6)66-35-46(2)37-71-74(66)85(59)78-76(91-71)55-39-50(82(10,11)12)25-31-69(55)93-78/h16-44H,1-15H3. The molecule has 2 aromatic heterocycles. The van der Waals surface area contributed by atoms with E-state index in [0.29, 0.717) is 0 Å². The Morgan fingerprint density at radius 3 is 1.23 bits per heavy atom. The molecule has 0 N–H and O–H groups in total. The number of anilines is 9. The Labute approximate surface area is 572 Å². The zero-order valence-corrected chi connectivity index (χ0v) is 59.6. The summed E-state index contributed by atoms with van der Waals surface area (Å²) in [4.78, 5) is 13.3. The molecule has 0 bridgehead atoms. The minimum absolute atomic E-state index is 0.00323. The molecule has 94 heavy (non-hydrogen) atoms. The molecule has 0 fully saturated rings. The van der Waals surface area contributed by atoms with Crippen LogP contribution in [-0.4, -0.2) is 20.1 Å². The van der Waals surface area contributed by atoms with Gasteiger partial charge in [-0.05, 0) is 232 Å². The molecular weight excluding hydrogens is 1220 g/mol. The van der Waals surface area contributed by atoms with Gasteiger partial charge in [-0.1, -0.05) is 173 Å². The lowest BCUT2D eigenvalue weighted by molar-refractivity contribution is 0.486. The molecule has 12 aromatic rings. The quantitative estimate of drug-likeness (QED) is 0.163. The van der Waals surface area contributed by atoms with Crippen LogP contribution in [0.5, 0.6) is 11.5 Å². The zero-order chi connectivity index (χ0) is 64.7. The van der Waals surface area contributed by atoms with E-state index in [1.807, 2.05) is 46.2 Å². The number of para-hydroxylation sites is 1. The van der Waals surface area contributed by atoms with Gasteiger partial charge in [0.25, 0.3) is 20.1 Å². The first-order valence-electron chi connectivity index (χ1n) is 33.5. The molecule has 10 aromatic carbocycles. The van der Waals surface area contributed by atoms with E-state index in [2.05, 4.69) is 294 Å². The summed E-state index contributed by atoms with van der Waals surface area (Å²) in [6.07, 6.45) is 0. The number of nitrogens with zero attached hydrogens (tertiary/aromatic N) is 3. The Morgan fingerprint density at radius 2 is 0.734 bits per heavy atom. The molecule has 0 saturated heterocycles. The Balaban J connectivity index is 0.951. The van der Waals surface area contributed by atoms with Crippen LogP contribution in [0.15, 0.2) is 196 Å². The van der Waals surface area contributed by atoms with E-state index in [4.69, 9.17) is 4.74 Å². The van der Waals surface area contributed by atoms with E-state index >= 15 is 0 Å². The maximum atomic E-state index is 7.51. The van der Waals surface area contributed by atoms with Crippen LogP contribution >= 0.6 is 46.2 Å². The van der Waals surface area contributed by atoms with Crippen molar-refractivity contribution in [1.82, 2.24) is 0 Å². The first-order chi connectivity index (χ1) is 44.8. The van der Waals surface area contributed by atoms with Gasteiger partial charge in [0.15, 0.2) is 0 Å². The van der Waals surface area contributed by atoms with Crippen molar-refractivity contribution in [3.63, 3.8) is 0 Å². The first-order valence-corrected chi connectivity index (χ1v) is 36.7. The van der Waals surface area contributed by atoms with Gasteiger partial charge in [-0.2, -0.15) is 0 Å². The smallest absolute Gasteiger partial charge is 0.266 e. The molecule has 8 heterocycles. The van der Waals surface area contributed by atoms with E-state index in [1.165, 1.54) is 161 Å². The Kier molecular flexibility index (Phi) is 12.6. The molecule has 0 atom stereocenters. The van der Waals surface area contributed by atoms with Crippen molar-refractivity contribution in [2.75, 3.05) is 14.7 Å². The maximum Gasteiger partial charge on any atom is 0.266 e. The first kappa shape index (κ1) is 58.8. The summed E-state index contributed by atoms with van der Waals surface area (Å²) in [5.74, 6) is 1.90. The van der Waals surface area contributed by atoms with E-state index in [-0.39, 0.29) is 41.8 Å². The Hall–Kier alpha value is -7.79. The molecule has 11 heteroatoms. The van der Waals surface area contributed by atoms with Crippen LogP contribution in [0.1, 0.15) is 122 Å². The molecule has 0 aliphatic carbocycles. The second-order valence-corrected chi connectivity index (χ2v) is 35.8. The van der Waals surface area contributed by atoms with Gasteiger partial charge in [-0.25, -0.2) is 0 Å². The monoisotopic (exact) mass is 1290 g/mol. The largest absolute Gasteiger partial charge is 0.458 e. The highest BCUT2D eigenvalue weighted by molar-refractivity contribution is 8.01. The van der Waals surface area contributed by atoms with Crippen molar-refractivity contribution in [3.8, 4) is 11.5 Å². The number of benzene rings is 10. The van der Waals surface area contributed by atoms with Gasteiger partial charge in [-0.3, -0.25) is 0 Å². The molecule has 6 aliphatic rings. The van der Waals surface area contributed by atoms with E-state index in [1.54, 1.807) is 0 Å². The molecule has 0 radical (unpaired) electrons. The summed E-state index contributed by atoms with van der Waals surface area (Å²) >= 11 is 7.93. The fourth-order valence-electron chi connectivity index (χ4n) is 16.1. The number of ether oxygens (including phenoxy) is 1. The predicted octanol–water partition coefficient (Wildman–Crippen LogP) is 18.2. The normalized spacial score (nSPS) is 14.8. The molecule has 6 aliphatic heterocycles. The predicted molar refractivity (Wildman–Crippen MR) is 412 cm³/mol. The van der Waals surface area contributed by atoms with Gasteiger partial charge < -0.3 is 19.4 Å². The topological polar surface area (TPSA) is 19.0 Å². The van der Waals surface area contributed by atoms with Crippen LogP contribution in [-0.2, 0) is 21.7 Å². The lowest BCUT2D eigenvalue weighted by Gasteiger charge is -2.46. The van der Waals surface area contributed by atoms with Gasteiger partial charge in [0.1, 0.15) is 11.5 Å². The number of aryl methyl sites for hydroxylation is 3. The van der Waals surface area contributed by atoms with E-state index in [0.717, 1.165) is 28.6 Å². The van der Waals surface area contributed by atoms with Crippen LogP contribution in [0.4, 0.5) is 51.2 Å². The number of hydrogen-bond acceptors (Lipinski definition) is 8.